The number of rotatable bonds is 9. The zero-order valence-electron chi connectivity index (χ0n) is 31.0. The third-order valence-corrected chi connectivity index (χ3v) is 11.8. The predicted octanol–water partition coefficient (Wildman–Crippen LogP) is 5.29. The van der Waals surface area contributed by atoms with Crippen LogP contribution in [0.15, 0.2) is 49.2 Å². The van der Waals surface area contributed by atoms with E-state index in [1.165, 1.54) is 11.2 Å². The molecule has 4 aliphatic rings. The van der Waals surface area contributed by atoms with Crippen molar-refractivity contribution in [1.82, 2.24) is 40.0 Å². The lowest BCUT2D eigenvalue weighted by atomic mass is 9.93. The molecule has 3 saturated heterocycles. The summed E-state index contributed by atoms with van der Waals surface area (Å²) in [5, 5.41) is 15.8. The Morgan fingerprint density at radius 3 is 2.43 bits per heavy atom. The Bertz CT molecular complexity index is 2080. The van der Waals surface area contributed by atoms with Crippen molar-refractivity contribution in [2.75, 3.05) is 49.1 Å². The van der Waals surface area contributed by atoms with E-state index in [4.69, 9.17) is 21.6 Å². The molecule has 17 heteroatoms. The Kier molecular flexibility index (Phi) is 12.2. The number of nitriles is 1. The Morgan fingerprint density at radius 2 is 1.73 bits per heavy atom. The number of aromatic nitrogens is 5. The van der Waals surface area contributed by atoms with Crippen molar-refractivity contribution in [1.29, 1.82) is 5.26 Å². The third kappa shape index (κ3) is 8.67. The SMILES string of the molecule is Cl.N#Cc1ccc(O[C@H]2CC[C@H](NC(=O)c3cnc(N4CCC(CN5CCC(n6ccc7c(N8CCC(=O)NC8=O)ncnc76)CC5)CC4)cn3)CC2)cc1Cl. The van der Waals surface area contributed by atoms with Crippen LogP contribution in [0.4, 0.5) is 16.4 Å². The maximum atomic E-state index is 13.0. The lowest BCUT2D eigenvalue weighted by Gasteiger charge is -2.38. The Hall–Kier alpha value is -5.04. The van der Waals surface area contributed by atoms with Crippen molar-refractivity contribution in [3.8, 4) is 11.8 Å². The number of carbonyl (C=O) groups is 3. The van der Waals surface area contributed by atoms with Gasteiger partial charge in [0.1, 0.15) is 41.1 Å². The second kappa shape index (κ2) is 17.4. The topological polar surface area (TPSA) is 174 Å². The standard InChI is InChI=1S/C39H44ClN11O4.ClH/c40-32-19-30(4-1-26(32)20-41)55-29-5-2-27(3-6-29)46-38(53)33-21-43-34(22-42-33)49-15-7-25(8-16-49)23-48-13-9-28(10-14-48)50-17-11-31-36(50)44-24-45-37(31)51-18-12-35(52)47-39(51)54;/h1,4,11,17,19,21-22,24-25,27-29H,2-3,5-10,12-16,18,23H2,(H,46,53)(H,47,52,54);1H/t27-,29-;. The van der Waals surface area contributed by atoms with E-state index in [-0.39, 0.29) is 42.8 Å². The van der Waals surface area contributed by atoms with Gasteiger partial charge >= 0.3 is 6.03 Å². The number of urea groups is 1. The molecule has 4 amide bonds. The van der Waals surface area contributed by atoms with E-state index in [0.29, 0.717) is 46.4 Å². The fourth-order valence-electron chi connectivity index (χ4n) is 8.36. The summed E-state index contributed by atoms with van der Waals surface area (Å²) in [6.07, 6.45) is 14.5. The van der Waals surface area contributed by atoms with Crippen LogP contribution in [-0.2, 0) is 4.79 Å². The molecule has 15 nitrogen and oxygen atoms in total. The van der Waals surface area contributed by atoms with Gasteiger partial charge in [0.05, 0.1) is 34.5 Å². The minimum atomic E-state index is -0.444. The summed E-state index contributed by atoms with van der Waals surface area (Å²) < 4.78 is 8.30. The van der Waals surface area contributed by atoms with Crippen LogP contribution in [0.5, 0.6) is 5.75 Å². The van der Waals surface area contributed by atoms with Crippen LogP contribution >= 0.6 is 24.0 Å². The summed E-state index contributed by atoms with van der Waals surface area (Å²) in [5.74, 6) is 2.12. The molecule has 1 saturated carbocycles. The van der Waals surface area contributed by atoms with E-state index in [2.05, 4.69) is 57.2 Å². The number of nitrogens with zero attached hydrogens (tertiary/aromatic N) is 9. The fraction of sp³-hybridized carbons (Fsp3) is 0.487. The zero-order valence-corrected chi connectivity index (χ0v) is 32.6. The Morgan fingerprint density at radius 1 is 0.946 bits per heavy atom. The van der Waals surface area contributed by atoms with Crippen molar-refractivity contribution in [3.63, 3.8) is 0 Å². The van der Waals surface area contributed by atoms with Gasteiger partial charge in [0.25, 0.3) is 5.91 Å². The van der Waals surface area contributed by atoms with Crippen molar-refractivity contribution < 1.29 is 19.1 Å². The molecule has 4 fully saturated rings. The molecule has 294 valence electrons. The molecule has 3 aliphatic heterocycles. The van der Waals surface area contributed by atoms with Crippen molar-refractivity contribution in [2.24, 2.45) is 5.92 Å². The summed E-state index contributed by atoms with van der Waals surface area (Å²) in [7, 11) is 0. The van der Waals surface area contributed by atoms with Gasteiger partial charge in [0, 0.05) is 70.0 Å². The van der Waals surface area contributed by atoms with Crippen molar-refractivity contribution >= 4 is 64.5 Å². The lowest BCUT2D eigenvalue weighted by Crippen LogP contribution is -2.50. The van der Waals surface area contributed by atoms with Crippen LogP contribution in [0.2, 0.25) is 5.02 Å². The Balaban J connectivity index is 0.00000480. The largest absolute Gasteiger partial charge is 0.490 e. The number of amides is 4. The molecule has 56 heavy (non-hydrogen) atoms. The number of piperidine rings is 2. The van der Waals surface area contributed by atoms with Crippen LogP contribution in [0.25, 0.3) is 11.0 Å². The highest BCUT2D eigenvalue weighted by atomic mass is 35.5. The van der Waals surface area contributed by atoms with E-state index in [1.54, 1.807) is 30.6 Å². The maximum absolute atomic E-state index is 13.0. The van der Waals surface area contributed by atoms with Crippen LogP contribution in [0.1, 0.15) is 79.9 Å². The number of fused-ring (bicyclic) bond motifs is 1. The summed E-state index contributed by atoms with van der Waals surface area (Å²) >= 11 is 6.15. The molecule has 0 unspecified atom stereocenters. The first kappa shape index (κ1) is 39.2. The number of likely N-dealkylation sites (tertiary alicyclic amines) is 1. The number of hydrogen-bond donors (Lipinski definition) is 2. The molecule has 6 heterocycles. The zero-order chi connectivity index (χ0) is 37.9. The molecule has 3 aromatic heterocycles. The van der Waals surface area contributed by atoms with Crippen molar-refractivity contribution in [2.45, 2.75) is 76.0 Å². The number of benzene rings is 1. The van der Waals surface area contributed by atoms with Gasteiger partial charge in [-0.25, -0.2) is 24.7 Å². The number of anilines is 2. The number of imide groups is 1. The number of halogens is 2. The molecule has 0 spiro atoms. The molecule has 1 aliphatic carbocycles. The summed E-state index contributed by atoms with van der Waals surface area (Å²) in [6, 6.07) is 9.06. The van der Waals surface area contributed by atoms with Gasteiger partial charge in [-0.05, 0) is 75.5 Å². The van der Waals surface area contributed by atoms with E-state index in [9.17, 15) is 14.4 Å². The van der Waals surface area contributed by atoms with Gasteiger partial charge in [-0.1, -0.05) is 11.6 Å². The molecule has 4 aromatic rings. The molecule has 0 bridgehead atoms. The van der Waals surface area contributed by atoms with Crippen LogP contribution < -0.4 is 25.2 Å². The monoisotopic (exact) mass is 801 g/mol. The van der Waals surface area contributed by atoms with Crippen LogP contribution in [0, 0.1) is 17.2 Å². The van der Waals surface area contributed by atoms with Gasteiger partial charge in [0.2, 0.25) is 5.91 Å². The molecular weight excluding hydrogens is 757 g/mol. The predicted molar refractivity (Wildman–Crippen MR) is 212 cm³/mol. The fourth-order valence-corrected chi connectivity index (χ4v) is 8.57. The highest BCUT2D eigenvalue weighted by Gasteiger charge is 2.30. The number of carbonyl (C=O) groups excluding carboxylic acids is 3. The first-order valence-corrected chi connectivity index (χ1v) is 19.6. The minimum Gasteiger partial charge on any atom is -0.490 e. The van der Waals surface area contributed by atoms with Gasteiger partial charge in [-0.2, -0.15) is 5.26 Å². The molecule has 2 N–H and O–H groups in total. The number of nitrogens with one attached hydrogen (secondary N) is 2. The normalized spacial score (nSPS) is 21.3. The maximum Gasteiger partial charge on any atom is 0.329 e. The van der Waals surface area contributed by atoms with E-state index >= 15 is 0 Å². The second-order valence-corrected chi connectivity index (χ2v) is 15.4. The average Bonchev–Trinajstić information content (AvgIpc) is 3.64. The van der Waals surface area contributed by atoms with E-state index < -0.39 is 6.03 Å². The number of ether oxygens (including phenoxy) is 1. The first-order valence-electron chi connectivity index (χ1n) is 19.2. The first-order chi connectivity index (χ1) is 26.8. The smallest absolute Gasteiger partial charge is 0.329 e. The minimum absolute atomic E-state index is 0. The van der Waals surface area contributed by atoms with E-state index in [0.717, 1.165) is 101 Å². The highest BCUT2D eigenvalue weighted by Crippen LogP contribution is 2.32. The van der Waals surface area contributed by atoms with Crippen LogP contribution in [0.3, 0.4) is 0 Å². The third-order valence-electron chi connectivity index (χ3n) is 11.4. The number of hydrogen-bond acceptors (Lipinski definition) is 11. The lowest BCUT2D eigenvalue weighted by molar-refractivity contribution is -0.120. The summed E-state index contributed by atoms with van der Waals surface area (Å²) in [6.45, 7) is 5.21. The molecule has 8 rings (SSSR count). The van der Waals surface area contributed by atoms with Gasteiger partial charge in [-0.3, -0.25) is 19.8 Å². The molecule has 1 aromatic carbocycles. The Labute approximate surface area is 336 Å². The van der Waals surface area contributed by atoms with Gasteiger partial charge < -0.3 is 24.4 Å². The summed E-state index contributed by atoms with van der Waals surface area (Å²) in [5.41, 5.74) is 1.56. The molecule has 0 radical (unpaired) electrons. The van der Waals surface area contributed by atoms with Crippen molar-refractivity contribution in [3.05, 3.63) is 65.5 Å². The summed E-state index contributed by atoms with van der Waals surface area (Å²) in [4.78, 5) is 61.6. The molecular formula is C39H45Cl2N11O4. The quantitative estimate of drug-likeness (QED) is 0.225. The second-order valence-electron chi connectivity index (χ2n) is 15.0. The van der Waals surface area contributed by atoms with E-state index in [1.807, 2.05) is 6.07 Å². The van der Waals surface area contributed by atoms with Gasteiger partial charge in [-0.15, -0.1) is 12.4 Å². The van der Waals surface area contributed by atoms with Crippen LogP contribution in [-0.4, -0.2) is 98.7 Å². The molecule has 0 atom stereocenters. The van der Waals surface area contributed by atoms with Gasteiger partial charge in [0.15, 0.2) is 0 Å². The average molecular weight is 803 g/mol. The highest BCUT2D eigenvalue weighted by molar-refractivity contribution is 6.31.